The van der Waals surface area contributed by atoms with Crippen LogP contribution in [0.5, 0.6) is 5.75 Å². The molecule has 0 radical (unpaired) electrons. The van der Waals surface area contributed by atoms with Crippen LogP contribution in [0.1, 0.15) is 0 Å². The third-order valence-corrected chi connectivity index (χ3v) is 3.08. The van der Waals surface area contributed by atoms with E-state index in [9.17, 15) is 13.2 Å². The van der Waals surface area contributed by atoms with Crippen molar-refractivity contribution < 1.29 is 17.9 Å². The van der Waals surface area contributed by atoms with Gasteiger partial charge in [-0.2, -0.15) is 0 Å². The van der Waals surface area contributed by atoms with Crippen LogP contribution in [0, 0.1) is 0 Å². The van der Waals surface area contributed by atoms with Crippen molar-refractivity contribution in [3.05, 3.63) is 45.5 Å². The summed E-state index contributed by atoms with van der Waals surface area (Å²) in [5.74, 6) is 0.0578. The molecule has 0 bridgehead atoms. The van der Waals surface area contributed by atoms with Gasteiger partial charge in [0.2, 0.25) is 0 Å². The van der Waals surface area contributed by atoms with Crippen LogP contribution in [0.15, 0.2) is 45.5 Å². The topological polar surface area (TPSA) is 34.1 Å². The van der Waals surface area contributed by atoms with Crippen molar-refractivity contribution in [2.45, 2.75) is 6.36 Å². The van der Waals surface area contributed by atoms with Crippen molar-refractivity contribution in [2.75, 3.05) is 5.32 Å². The smallest absolute Gasteiger partial charge is 0.404 e. The number of nitrogens with one attached hydrogen (secondary N) is 1. The fraction of sp³-hybridized carbons (Fsp3) is 0.0833. The summed E-state index contributed by atoms with van der Waals surface area (Å²) in [6.45, 7) is 0. The molecule has 0 atom stereocenters. The maximum atomic E-state index is 12.4. The standard InChI is InChI=1S/C12H7Br2F3N2O/c13-7-4-5-8(9(6-7)20-12(15,16)17)18-11-3-1-2-10(14)19-11/h1-6H,(H,18,19). The fourth-order valence-corrected chi connectivity index (χ4v) is 2.11. The third-order valence-electron chi connectivity index (χ3n) is 2.15. The van der Waals surface area contributed by atoms with Gasteiger partial charge in [0.1, 0.15) is 10.4 Å². The van der Waals surface area contributed by atoms with Gasteiger partial charge in [0, 0.05) is 4.47 Å². The van der Waals surface area contributed by atoms with Crippen LogP contribution in [-0.2, 0) is 0 Å². The highest BCUT2D eigenvalue weighted by atomic mass is 79.9. The number of rotatable bonds is 3. The third kappa shape index (κ3) is 4.38. The summed E-state index contributed by atoms with van der Waals surface area (Å²) in [6.07, 6.45) is -4.76. The molecule has 0 spiro atoms. The van der Waals surface area contributed by atoms with E-state index in [-0.39, 0.29) is 11.4 Å². The monoisotopic (exact) mass is 410 g/mol. The lowest BCUT2D eigenvalue weighted by Gasteiger charge is -2.14. The van der Waals surface area contributed by atoms with E-state index in [2.05, 4.69) is 46.9 Å². The molecule has 0 amide bonds. The maximum Gasteiger partial charge on any atom is 0.573 e. The van der Waals surface area contributed by atoms with Gasteiger partial charge >= 0.3 is 6.36 Å². The van der Waals surface area contributed by atoms with Crippen molar-refractivity contribution in [2.24, 2.45) is 0 Å². The molecule has 0 aliphatic heterocycles. The zero-order valence-corrected chi connectivity index (χ0v) is 12.9. The molecule has 106 valence electrons. The minimum absolute atomic E-state index is 0.163. The molecule has 3 nitrogen and oxygen atoms in total. The van der Waals surface area contributed by atoms with E-state index < -0.39 is 6.36 Å². The minimum atomic E-state index is -4.76. The van der Waals surface area contributed by atoms with Gasteiger partial charge in [0.15, 0.2) is 5.75 Å². The molecular weight excluding hydrogens is 405 g/mol. The van der Waals surface area contributed by atoms with E-state index in [1.807, 2.05) is 0 Å². The molecule has 8 heteroatoms. The van der Waals surface area contributed by atoms with Gasteiger partial charge in [-0.15, -0.1) is 13.2 Å². The number of anilines is 2. The van der Waals surface area contributed by atoms with E-state index in [1.54, 1.807) is 24.3 Å². The highest BCUT2D eigenvalue weighted by molar-refractivity contribution is 9.10. The largest absolute Gasteiger partial charge is 0.573 e. The number of pyridine rings is 1. The van der Waals surface area contributed by atoms with Crippen LogP contribution in [0.25, 0.3) is 0 Å². The number of hydrogen-bond donors (Lipinski definition) is 1. The van der Waals surface area contributed by atoms with Crippen LogP contribution in [0.2, 0.25) is 0 Å². The predicted octanol–water partition coefficient (Wildman–Crippen LogP) is 5.25. The van der Waals surface area contributed by atoms with Gasteiger partial charge in [-0.05, 0) is 46.3 Å². The summed E-state index contributed by atoms with van der Waals surface area (Å²) in [7, 11) is 0. The highest BCUT2D eigenvalue weighted by Crippen LogP contribution is 2.34. The molecule has 2 rings (SSSR count). The van der Waals surface area contributed by atoms with Gasteiger partial charge in [-0.1, -0.05) is 22.0 Å². The number of hydrogen-bond acceptors (Lipinski definition) is 3. The zero-order chi connectivity index (χ0) is 14.8. The number of halogens is 5. The molecular formula is C12H7Br2F3N2O. The summed E-state index contributed by atoms with van der Waals surface area (Å²) in [5, 5.41) is 2.78. The summed E-state index contributed by atoms with van der Waals surface area (Å²) < 4.78 is 42.1. The van der Waals surface area contributed by atoms with Crippen LogP contribution < -0.4 is 10.1 Å². The molecule has 0 saturated carbocycles. The Kier molecular flexibility index (Phi) is 4.54. The molecule has 2 aromatic rings. The molecule has 0 aliphatic rings. The molecule has 0 saturated heterocycles. The second-order valence-corrected chi connectivity index (χ2v) is 5.39. The lowest BCUT2D eigenvalue weighted by atomic mass is 10.3. The van der Waals surface area contributed by atoms with Gasteiger partial charge in [0.25, 0.3) is 0 Å². The van der Waals surface area contributed by atoms with E-state index in [4.69, 9.17) is 0 Å². The molecule has 20 heavy (non-hydrogen) atoms. The molecule has 0 fully saturated rings. The van der Waals surface area contributed by atoms with Crippen LogP contribution in [0.4, 0.5) is 24.7 Å². The molecule has 1 heterocycles. The average molecular weight is 412 g/mol. The van der Waals surface area contributed by atoms with Gasteiger partial charge in [0.05, 0.1) is 5.69 Å². The van der Waals surface area contributed by atoms with Crippen molar-refractivity contribution in [3.63, 3.8) is 0 Å². The number of nitrogens with zero attached hydrogens (tertiary/aromatic N) is 1. The summed E-state index contributed by atoms with van der Waals surface area (Å²) in [4.78, 5) is 4.09. The fourth-order valence-electron chi connectivity index (χ4n) is 1.42. The molecule has 0 aliphatic carbocycles. The summed E-state index contributed by atoms with van der Waals surface area (Å²) >= 11 is 6.29. The first-order valence-electron chi connectivity index (χ1n) is 5.28. The van der Waals surface area contributed by atoms with Gasteiger partial charge < -0.3 is 10.1 Å². The van der Waals surface area contributed by atoms with Crippen LogP contribution in [0.3, 0.4) is 0 Å². The molecule has 0 unspecified atom stereocenters. The molecule has 1 aromatic carbocycles. The Labute approximate surface area is 129 Å². The average Bonchev–Trinajstić information content (AvgIpc) is 2.31. The number of ether oxygens (including phenoxy) is 1. The Hall–Kier alpha value is -1.28. The van der Waals surface area contributed by atoms with Gasteiger partial charge in [-0.25, -0.2) is 4.98 Å². The normalized spacial score (nSPS) is 11.2. The second-order valence-electron chi connectivity index (χ2n) is 3.66. The summed E-state index contributed by atoms with van der Waals surface area (Å²) in [5.41, 5.74) is 0.163. The van der Waals surface area contributed by atoms with E-state index in [0.717, 1.165) is 0 Å². The lowest BCUT2D eigenvalue weighted by Crippen LogP contribution is -2.18. The van der Waals surface area contributed by atoms with E-state index >= 15 is 0 Å². The first-order valence-corrected chi connectivity index (χ1v) is 6.87. The van der Waals surface area contributed by atoms with Gasteiger partial charge in [-0.3, -0.25) is 0 Å². The van der Waals surface area contributed by atoms with E-state index in [1.165, 1.54) is 12.1 Å². The minimum Gasteiger partial charge on any atom is -0.404 e. The van der Waals surface area contributed by atoms with Crippen molar-refractivity contribution >= 4 is 43.4 Å². The Bertz CT molecular complexity index is 620. The SMILES string of the molecule is FC(F)(F)Oc1cc(Br)ccc1Nc1cccc(Br)n1. The second kappa shape index (κ2) is 6.01. The first kappa shape index (κ1) is 15.1. The van der Waals surface area contributed by atoms with E-state index in [0.29, 0.717) is 14.9 Å². The predicted molar refractivity (Wildman–Crippen MR) is 76.0 cm³/mol. The lowest BCUT2D eigenvalue weighted by molar-refractivity contribution is -0.274. The highest BCUT2D eigenvalue weighted by Gasteiger charge is 2.32. The Balaban J connectivity index is 2.31. The van der Waals surface area contributed by atoms with Crippen molar-refractivity contribution in [3.8, 4) is 5.75 Å². The zero-order valence-electron chi connectivity index (χ0n) is 9.71. The number of alkyl halides is 3. The molecule has 1 aromatic heterocycles. The Morgan fingerprint density at radius 2 is 1.85 bits per heavy atom. The Morgan fingerprint density at radius 1 is 1.10 bits per heavy atom. The van der Waals surface area contributed by atoms with Crippen molar-refractivity contribution in [1.82, 2.24) is 4.98 Å². The van der Waals surface area contributed by atoms with Crippen molar-refractivity contribution in [1.29, 1.82) is 0 Å². The number of benzene rings is 1. The maximum absolute atomic E-state index is 12.4. The Morgan fingerprint density at radius 3 is 2.50 bits per heavy atom. The molecule has 1 N–H and O–H groups in total. The van der Waals surface area contributed by atoms with Crippen LogP contribution in [-0.4, -0.2) is 11.3 Å². The first-order chi connectivity index (χ1) is 9.33. The quantitative estimate of drug-likeness (QED) is 0.700. The van der Waals surface area contributed by atoms with Crippen LogP contribution >= 0.6 is 31.9 Å². The number of aromatic nitrogens is 1. The summed E-state index contributed by atoms with van der Waals surface area (Å²) in [6, 6.07) is 9.34.